The van der Waals surface area contributed by atoms with E-state index >= 15 is 0 Å². The van der Waals surface area contributed by atoms with Gasteiger partial charge in [0.1, 0.15) is 23.9 Å². The van der Waals surface area contributed by atoms with E-state index in [1.54, 1.807) is 0 Å². The molecule has 0 radical (unpaired) electrons. The molecule has 0 bridgehead atoms. The zero-order valence-electron chi connectivity index (χ0n) is 26.8. The zero-order chi connectivity index (χ0) is 30.4. The van der Waals surface area contributed by atoms with Crippen LogP contribution in [0.15, 0.2) is 11.6 Å². The number of aliphatic hydroxyl groups is 2. The first-order valence-electron chi connectivity index (χ1n) is 15.9. The van der Waals surface area contributed by atoms with Crippen molar-refractivity contribution in [3.05, 3.63) is 11.6 Å². The van der Waals surface area contributed by atoms with Crippen LogP contribution in [0.2, 0.25) is 0 Å². The molecule has 232 valence electrons. The molecule has 7 nitrogen and oxygen atoms in total. The SMILES string of the molecule is CO[C@]1(CO)C[C@H]2C3=CC[C@@H]4[C@@]5(C)CC[C@@H](OC(C)=O)C(C)(C)[C@@H]5CC[C@@]4(C)[C@]3(C)CC[C@@]2(C)[C@@H](OC(C)=O)[C@H]1O. The smallest absolute Gasteiger partial charge is 0.303 e. The Balaban J connectivity index is 1.57. The number of hydrogen-bond donors (Lipinski definition) is 2. The summed E-state index contributed by atoms with van der Waals surface area (Å²) in [6.45, 7) is 16.9. The van der Waals surface area contributed by atoms with Crippen LogP contribution in [-0.2, 0) is 23.8 Å². The summed E-state index contributed by atoms with van der Waals surface area (Å²) in [6, 6.07) is 0. The lowest BCUT2D eigenvalue weighted by Crippen LogP contribution is -2.70. The molecule has 4 saturated carbocycles. The summed E-state index contributed by atoms with van der Waals surface area (Å²) in [7, 11) is 1.54. The molecule has 41 heavy (non-hydrogen) atoms. The second kappa shape index (κ2) is 9.79. The van der Waals surface area contributed by atoms with Gasteiger partial charge in [-0.2, -0.15) is 0 Å². The highest BCUT2D eigenvalue weighted by Crippen LogP contribution is 2.75. The number of carbonyl (C=O) groups is 2. The molecule has 0 amide bonds. The van der Waals surface area contributed by atoms with E-state index in [4.69, 9.17) is 14.2 Å². The standard InChI is InChI=1S/C34H54O7/c1-20(36)40-26-13-14-31(6)24(29(26,3)4)12-15-33(8)25(31)11-10-22-23-18-34(19-35,39-9)27(38)28(41-21(2)37)30(23,5)16-17-32(22,33)7/h10,23-28,35,38H,11-19H2,1-9H3/t23-,24-,25+,26+,27+,28-,30+,31-,32+,33+,34-/m0/s1. The zero-order valence-corrected chi connectivity index (χ0v) is 26.8. The van der Waals surface area contributed by atoms with Crippen LogP contribution in [0.4, 0.5) is 0 Å². The molecule has 7 heteroatoms. The highest BCUT2D eigenvalue weighted by atomic mass is 16.6. The van der Waals surface area contributed by atoms with E-state index in [1.165, 1.54) is 26.5 Å². The minimum Gasteiger partial charge on any atom is -0.462 e. The second-order valence-corrected chi connectivity index (χ2v) is 15.9. The lowest BCUT2D eigenvalue weighted by atomic mass is 9.33. The van der Waals surface area contributed by atoms with Crippen LogP contribution in [0.1, 0.15) is 107 Å². The lowest BCUT2D eigenvalue weighted by Gasteiger charge is -2.71. The third-order valence-electron chi connectivity index (χ3n) is 14.1. The average molecular weight is 575 g/mol. The third-order valence-corrected chi connectivity index (χ3v) is 14.1. The molecule has 0 aromatic rings. The lowest BCUT2D eigenvalue weighted by molar-refractivity contribution is -0.256. The molecular weight excluding hydrogens is 520 g/mol. The second-order valence-electron chi connectivity index (χ2n) is 15.9. The molecule has 4 fully saturated rings. The fraction of sp³-hybridized carbons (Fsp3) is 0.882. The van der Waals surface area contributed by atoms with E-state index in [0.717, 1.165) is 44.9 Å². The number of aliphatic hydroxyl groups excluding tert-OH is 2. The van der Waals surface area contributed by atoms with Gasteiger partial charge >= 0.3 is 11.9 Å². The molecule has 0 aromatic carbocycles. The van der Waals surface area contributed by atoms with Crippen molar-refractivity contribution in [1.82, 2.24) is 0 Å². The maximum absolute atomic E-state index is 12.3. The Kier molecular flexibility index (Phi) is 7.40. The molecule has 0 unspecified atom stereocenters. The number of esters is 2. The molecule has 2 N–H and O–H groups in total. The molecule has 0 spiro atoms. The molecule has 0 aliphatic heterocycles. The molecule has 11 atom stereocenters. The van der Waals surface area contributed by atoms with Crippen molar-refractivity contribution in [2.45, 2.75) is 131 Å². The summed E-state index contributed by atoms with van der Waals surface area (Å²) >= 11 is 0. The van der Waals surface area contributed by atoms with Crippen LogP contribution >= 0.6 is 0 Å². The Bertz CT molecular complexity index is 1110. The minimum absolute atomic E-state index is 0.0144. The van der Waals surface area contributed by atoms with Gasteiger partial charge in [-0.25, -0.2) is 0 Å². The van der Waals surface area contributed by atoms with E-state index in [2.05, 4.69) is 47.6 Å². The monoisotopic (exact) mass is 574 g/mol. The maximum Gasteiger partial charge on any atom is 0.303 e. The fourth-order valence-corrected chi connectivity index (χ4v) is 11.5. The van der Waals surface area contributed by atoms with Crippen LogP contribution in [0.5, 0.6) is 0 Å². The predicted molar refractivity (Wildman–Crippen MR) is 156 cm³/mol. The number of rotatable bonds is 4. The largest absolute Gasteiger partial charge is 0.462 e. The fourth-order valence-electron chi connectivity index (χ4n) is 11.5. The minimum atomic E-state index is -1.19. The molecule has 0 heterocycles. The van der Waals surface area contributed by atoms with Crippen molar-refractivity contribution >= 4 is 11.9 Å². The number of hydrogen-bond acceptors (Lipinski definition) is 7. The summed E-state index contributed by atoms with van der Waals surface area (Å²) < 4.78 is 17.7. The van der Waals surface area contributed by atoms with Crippen molar-refractivity contribution in [2.24, 2.45) is 44.8 Å². The summed E-state index contributed by atoms with van der Waals surface area (Å²) in [5.74, 6) is 0.366. The van der Waals surface area contributed by atoms with Crippen LogP contribution in [0.25, 0.3) is 0 Å². The Morgan fingerprint density at radius 1 is 0.902 bits per heavy atom. The molecule has 0 saturated heterocycles. The summed E-state index contributed by atoms with van der Waals surface area (Å²) in [4.78, 5) is 24.2. The van der Waals surface area contributed by atoms with Crippen molar-refractivity contribution in [3.8, 4) is 0 Å². The molecule has 0 aromatic heterocycles. The Morgan fingerprint density at radius 3 is 2.15 bits per heavy atom. The number of ether oxygens (including phenoxy) is 3. The van der Waals surface area contributed by atoms with Gasteiger partial charge < -0.3 is 24.4 Å². The molecule has 5 rings (SSSR count). The van der Waals surface area contributed by atoms with Gasteiger partial charge in [-0.15, -0.1) is 0 Å². The normalized spacial score (nSPS) is 50.3. The van der Waals surface area contributed by atoms with Crippen LogP contribution < -0.4 is 0 Å². The topological polar surface area (TPSA) is 102 Å². The van der Waals surface area contributed by atoms with E-state index in [-0.39, 0.29) is 46.3 Å². The van der Waals surface area contributed by atoms with Crippen LogP contribution in [0, 0.1) is 44.8 Å². The highest BCUT2D eigenvalue weighted by molar-refractivity contribution is 5.66. The van der Waals surface area contributed by atoms with Crippen molar-refractivity contribution in [2.75, 3.05) is 13.7 Å². The quantitative estimate of drug-likeness (QED) is 0.333. The Morgan fingerprint density at radius 2 is 1.56 bits per heavy atom. The van der Waals surface area contributed by atoms with Crippen molar-refractivity contribution < 1.29 is 34.0 Å². The van der Waals surface area contributed by atoms with E-state index in [0.29, 0.717) is 18.3 Å². The average Bonchev–Trinajstić information content (AvgIpc) is 2.88. The van der Waals surface area contributed by atoms with Gasteiger partial charge in [-0.3, -0.25) is 9.59 Å². The van der Waals surface area contributed by atoms with Gasteiger partial charge in [0, 0.05) is 31.8 Å². The number of allylic oxidation sites excluding steroid dienone is 2. The van der Waals surface area contributed by atoms with Gasteiger partial charge in [0.05, 0.1) is 6.61 Å². The predicted octanol–water partition coefficient (Wildman–Crippen LogP) is 5.60. The van der Waals surface area contributed by atoms with Gasteiger partial charge in [0.15, 0.2) is 0 Å². The Hall–Kier alpha value is -1.44. The van der Waals surface area contributed by atoms with Crippen LogP contribution in [-0.4, -0.2) is 59.8 Å². The van der Waals surface area contributed by atoms with E-state index in [9.17, 15) is 19.8 Å². The first-order chi connectivity index (χ1) is 19.0. The van der Waals surface area contributed by atoms with Crippen LogP contribution in [0.3, 0.4) is 0 Å². The summed E-state index contributed by atoms with van der Waals surface area (Å²) in [5.41, 5.74) is -0.209. The van der Waals surface area contributed by atoms with Crippen molar-refractivity contribution in [1.29, 1.82) is 0 Å². The summed E-state index contributed by atoms with van der Waals surface area (Å²) in [6.07, 6.45) is 8.01. The Labute approximate surface area is 246 Å². The molecule has 5 aliphatic rings. The first-order valence-corrected chi connectivity index (χ1v) is 15.9. The number of carbonyl (C=O) groups excluding carboxylic acids is 2. The summed E-state index contributed by atoms with van der Waals surface area (Å²) in [5, 5.41) is 22.1. The maximum atomic E-state index is 12.3. The first kappa shape index (κ1) is 31.0. The molecule has 5 aliphatic carbocycles. The van der Waals surface area contributed by atoms with Gasteiger partial charge in [-0.05, 0) is 85.4 Å². The molecular formula is C34H54O7. The van der Waals surface area contributed by atoms with Gasteiger partial charge in [-0.1, -0.05) is 53.2 Å². The van der Waals surface area contributed by atoms with E-state index in [1.807, 2.05) is 0 Å². The van der Waals surface area contributed by atoms with Gasteiger partial charge in [0.25, 0.3) is 0 Å². The third kappa shape index (κ3) is 4.07. The highest BCUT2D eigenvalue weighted by Gasteiger charge is 2.71. The van der Waals surface area contributed by atoms with E-state index < -0.39 is 29.2 Å². The van der Waals surface area contributed by atoms with Crippen molar-refractivity contribution in [3.63, 3.8) is 0 Å². The van der Waals surface area contributed by atoms with Gasteiger partial charge in [0.2, 0.25) is 0 Å². The number of methoxy groups -OCH3 is 1. The number of fused-ring (bicyclic) bond motifs is 7.